The molecule has 0 saturated carbocycles. The van der Waals surface area contributed by atoms with E-state index in [-0.39, 0.29) is 50.8 Å². The third kappa shape index (κ3) is 18.3. The van der Waals surface area contributed by atoms with Gasteiger partial charge in [-0.15, -0.1) is 0 Å². The number of H-pyrrole nitrogens is 1. The van der Waals surface area contributed by atoms with Crippen molar-refractivity contribution in [3.8, 4) is 5.75 Å². The summed E-state index contributed by atoms with van der Waals surface area (Å²) in [6, 6.07) is -5.28. The number of aliphatic hydroxyl groups is 2. The zero-order valence-corrected chi connectivity index (χ0v) is 33.7. The summed E-state index contributed by atoms with van der Waals surface area (Å²) in [6.45, 7) is -1.90. The van der Waals surface area contributed by atoms with E-state index in [4.69, 9.17) is 22.9 Å². The summed E-state index contributed by atoms with van der Waals surface area (Å²) in [6.07, 6.45) is 1.55. The van der Waals surface area contributed by atoms with Gasteiger partial charge in [-0.3, -0.25) is 38.4 Å². The summed E-state index contributed by atoms with van der Waals surface area (Å²) in [5.41, 5.74) is 23.1. The third-order valence-corrected chi connectivity index (χ3v) is 9.16. The minimum atomic E-state index is -1.79. The fraction of sp³-hybridized carbons (Fsp3) is 0.514. The largest absolute Gasteiger partial charge is 0.508 e. The van der Waals surface area contributed by atoms with Crippen LogP contribution in [0.4, 0.5) is 0 Å². The molecule has 0 saturated heterocycles. The Bertz CT molecular complexity index is 1830. The highest BCUT2D eigenvalue weighted by atomic mass is 16.4. The number of phenolic OH excluding ortho intramolecular Hbond substituents is 1. The summed E-state index contributed by atoms with van der Waals surface area (Å²) in [4.78, 5) is 122. The molecule has 8 amide bonds. The zero-order chi connectivity index (χ0) is 46.4. The van der Waals surface area contributed by atoms with Crippen LogP contribution < -0.4 is 54.8 Å². The molecule has 0 bridgehead atoms. The first-order chi connectivity index (χ1) is 29.4. The second-order valence-corrected chi connectivity index (χ2v) is 14.1. The van der Waals surface area contributed by atoms with Crippen molar-refractivity contribution in [2.45, 2.75) is 100 Å². The number of hydrogen-bond acceptors (Lipinski definition) is 15. The number of aliphatic hydroxyl groups excluding tert-OH is 2. The zero-order valence-electron chi connectivity index (χ0n) is 33.7. The number of carbonyl (C=O) groups excluding carboxylic acids is 8. The maximum absolute atomic E-state index is 13.7. The van der Waals surface area contributed by atoms with Gasteiger partial charge in [0, 0.05) is 37.6 Å². The van der Waals surface area contributed by atoms with Gasteiger partial charge in [-0.2, -0.15) is 0 Å². The Labute approximate surface area is 354 Å². The number of nitrogens with zero attached hydrogens (tertiary/aromatic N) is 1. The third-order valence-electron chi connectivity index (χ3n) is 9.16. The van der Waals surface area contributed by atoms with E-state index >= 15 is 0 Å². The van der Waals surface area contributed by atoms with Crippen molar-refractivity contribution in [2.75, 3.05) is 19.8 Å². The maximum atomic E-state index is 13.7. The van der Waals surface area contributed by atoms with Gasteiger partial charge in [-0.05, 0) is 56.3 Å². The van der Waals surface area contributed by atoms with Crippen LogP contribution in [0.15, 0.2) is 36.8 Å². The minimum Gasteiger partial charge on any atom is -0.508 e. The lowest BCUT2D eigenvalue weighted by molar-refractivity contribution is -0.142. The van der Waals surface area contributed by atoms with Crippen molar-refractivity contribution in [3.05, 3.63) is 48.0 Å². The van der Waals surface area contributed by atoms with Crippen molar-refractivity contribution in [1.82, 2.24) is 41.9 Å². The molecule has 2 aromatic rings. The Morgan fingerprint density at radius 3 is 1.47 bits per heavy atom. The number of carboxylic acid groups (broad SMARTS) is 1. The number of primary amides is 2. The average molecular weight is 877 g/mol. The molecule has 0 aliphatic rings. The van der Waals surface area contributed by atoms with Crippen LogP contribution in [0.3, 0.4) is 0 Å². The lowest BCUT2D eigenvalue weighted by Crippen LogP contribution is -2.61. The van der Waals surface area contributed by atoms with Gasteiger partial charge in [0.05, 0.1) is 25.6 Å². The van der Waals surface area contributed by atoms with Crippen LogP contribution in [-0.2, 0) is 56.0 Å². The number of amides is 8. The van der Waals surface area contributed by atoms with Crippen molar-refractivity contribution < 1.29 is 63.6 Å². The predicted octanol–water partition coefficient (Wildman–Crippen LogP) is -6.13. The normalized spacial score (nSPS) is 14.3. The van der Waals surface area contributed by atoms with Crippen LogP contribution in [0, 0.1) is 0 Å². The Hall–Kier alpha value is -6.70. The van der Waals surface area contributed by atoms with E-state index in [1.807, 2.05) is 0 Å². The number of nitrogens with two attached hydrogens (primary N) is 4. The molecule has 1 aromatic carbocycles. The number of nitrogens with one attached hydrogen (secondary N) is 7. The van der Waals surface area contributed by atoms with Gasteiger partial charge in [-0.25, -0.2) is 9.78 Å². The number of benzene rings is 1. The average Bonchev–Trinajstić information content (AvgIpc) is 3.74. The quantitative estimate of drug-likeness (QED) is 0.0338. The Balaban J connectivity index is 2.22. The van der Waals surface area contributed by atoms with Crippen LogP contribution in [-0.4, -0.2) is 146 Å². The summed E-state index contributed by atoms with van der Waals surface area (Å²) in [5, 5.41) is 52.9. The standard InChI is InChI=1S/C37H56N12O13/c38-12-2-1-3-23(32(56)48-28(17-51)36(60)49-27(16-50)35(59)47-26(37(61)62)13-19-4-6-21(52)7-5-19)45-34(58)25(9-11-30(41)54)46-33(57)24(8-10-29(40)53)44-31(55)22(39)14-20-15-42-18-43-20/h4-7,15,18,22-28,50-52H,1-3,8-14,16-17,38-39H2,(H2,40,53)(H2,41,54)(H,42,43)(H,44,55)(H,45,58)(H,46,57)(H,47,59)(H,48,56)(H,49,60)(H,61,62)/t22-,23-,24-,25-,26-,27-,28-/m0/s1. The molecule has 19 N–H and O–H groups in total. The highest BCUT2D eigenvalue weighted by molar-refractivity contribution is 5.97. The number of phenols is 1. The SMILES string of the molecule is NCCCC[C@H](NC(=O)[C@H](CCC(N)=O)NC(=O)[C@H](CCC(N)=O)NC(=O)[C@@H](N)Cc1cnc[nH]1)C(=O)N[C@@H](CO)C(=O)N[C@@H](CO)C(=O)N[C@@H](Cc1ccc(O)cc1)C(=O)O. The summed E-state index contributed by atoms with van der Waals surface area (Å²) in [7, 11) is 0. The number of hydrogen-bond donors (Lipinski definition) is 15. The number of aromatic amines is 1. The molecule has 1 aromatic heterocycles. The molecule has 342 valence electrons. The number of aromatic nitrogens is 2. The van der Waals surface area contributed by atoms with E-state index in [1.165, 1.54) is 36.8 Å². The highest BCUT2D eigenvalue weighted by Gasteiger charge is 2.34. The number of rotatable bonds is 29. The molecule has 62 heavy (non-hydrogen) atoms. The molecule has 0 aliphatic heterocycles. The van der Waals surface area contributed by atoms with Gasteiger partial charge in [0.1, 0.15) is 42.0 Å². The second-order valence-electron chi connectivity index (χ2n) is 14.1. The summed E-state index contributed by atoms with van der Waals surface area (Å²) >= 11 is 0. The molecule has 0 fully saturated rings. The molecule has 0 unspecified atom stereocenters. The first kappa shape index (κ1) is 51.4. The monoisotopic (exact) mass is 876 g/mol. The molecule has 0 radical (unpaired) electrons. The van der Waals surface area contributed by atoms with Crippen molar-refractivity contribution in [2.24, 2.45) is 22.9 Å². The molecular formula is C37H56N12O13. The van der Waals surface area contributed by atoms with Gasteiger partial charge in [0.15, 0.2) is 0 Å². The molecule has 25 nitrogen and oxygen atoms in total. The predicted molar refractivity (Wildman–Crippen MR) is 215 cm³/mol. The number of aromatic hydroxyl groups is 1. The number of imidazole rings is 1. The Morgan fingerprint density at radius 1 is 0.613 bits per heavy atom. The van der Waals surface area contributed by atoms with Crippen LogP contribution >= 0.6 is 0 Å². The molecule has 2 rings (SSSR count). The number of carbonyl (C=O) groups is 9. The molecule has 1 heterocycles. The first-order valence-electron chi connectivity index (χ1n) is 19.4. The molecule has 0 aliphatic carbocycles. The van der Waals surface area contributed by atoms with E-state index < -0.39 is 122 Å². The second kappa shape index (κ2) is 26.5. The van der Waals surface area contributed by atoms with Gasteiger partial charge in [-0.1, -0.05) is 12.1 Å². The van der Waals surface area contributed by atoms with Gasteiger partial charge < -0.3 is 80.2 Å². The van der Waals surface area contributed by atoms with E-state index in [2.05, 4.69) is 41.9 Å². The van der Waals surface area contributed by atoms with E-state index in [1.54, 1.807) is 0 Å². The van der Waals surface area contributed by atoms with Gasteiger partial charge in [0.2, 0.25) is 47.3 Å². The topological polar surface area (TPSA) is 439 Å². The lowest BCUT2D eigenvalue weighted by Gasteiger charge is -2.27. The molecular weight excluding hydrogens is 820 g/mol. The van der Waals surface area contributed by atoms with Crippen molar-refractivity contribution >= 4 is 53.2 Å². The van der Waals surface area contributed by atoms with Crippen molar-refractivity contribution in [3.63, 3.8) is 0 Å². The molecule has 25 heteroatoms. The molecule has 7 atom stereocenters. The fourth-order valence-corrected chi connectivity index (χ4v) is 5.69. The van der Waals surface area contributed by atoms with E-state index in [0.29, 0.717) is 17.7 Å². The van der Waals surface area contributed by atoms with Crippen LogP contribution in [0.5, 0.6) is 5.75 Å². The van der Waals surface area contributed by atoms with Crippen molar-refractivity contribution in [1.29, 1.82) is 0 Å². The fourth-order valence-electron chi connectivity index (χ4n) is 5.69. The minimum absolute atomic E-state index is 0.000377. The smallest absolute Gasteiger partial charge is 0.326 e. The number of carboxylic acids is 1. The highest BCUT2D eigenvalue weighted by Crippen LogP contribution is 2.12. The van der Waals surface area contributed by atoms with E-state index in [0.717, 1.165) is 0 Å². The van der Waals surface area contributed by atoms with E-state index in [9.17, 15) is 63.6 Å². The number of aliphatic carboxylic acids is 1. The summed E-state index contributed by atoms with van der Waals surface area (Å²) < 4.78 is 0. The van der Waals surface area contributed by atoms with Crippen LogP contribution in [0.2, 0.25) is 0 Å². The lowest BCUT2D eigenvalue weighted by atomic mass is 10.0. The first-order valence-corrected chi connectivity index (χ1v) is 19.4. The molecule has 0 spiro atoms. The Morgan fingerprint density at radius 2 is 1.05 bits per heavy atom. The van der Waals surface area contributed by atoms with Crippen LogP contribution in [0.1, 0.15) is 56.2 Å². The van der Waals surface area contributed by atoms with Gasteiger partial charge >= 0.3 is 5.97 Å². The van der Waals surface area contributed by atoms with Crippen LogP contribution in [0.25, 0.3) is 0 Å². The Kier molecular flexibility index (Phi) is 22.0. The number of unbranched alkanes of at least 4 members (excludes halogenated alkanes) is 1. The maximum Gasteiger partial charge on any atom is 0.326 e. The van der Waals surface area contributed by atoms with Gasteiger partial charge in [0.25, 0.3) is 0 Å². The summed E-state index contributed by atoms with van der Waals surface area (Å²) in [5.74, 6) is -9.37.